The number of carbonyl (C=O) groups excluding carboxylic acids is 1. The highest BCUT2D eigenvalue weighted by molar-refractivity contribution is 8.18. The van der Waals surface area contributed by atoms with Crippen molar-refractivity contribution in [3.63, 3.8) is 0 Å². The van der Waals surface area contributed by atoms with Gasteiger partial charge in [-0.3, -0.25) is 9.69 Å². The summed E-state index contributed by atoms with van der Waals surface area (Å²) in [5.74, 6) is 0.109. The third kappa shape index (κ3) is 4.76. The van der Waals surface area contributed by atoms with E-state index in [-0.39, 0.29) is 11.7 Å². The largest absolute Gasteiger partial charge is 0.508 e. The summed E-state index contributed by atoms with van der Waals surface area (Å²) < 4.78 is 0. The van der Waals surface area contributed by atoms with Crippen LogP contribution >= 0.6 is 11.8 Å². The van der Waals surface area contributed by atoms with Crippen LogP contribution < -0.4 is 0 Å². The van der Waals surface area contributed by atoms with Crippen LogP contribution in [0.1, 0.15) is 11.1 Å². The highest BCUT2D eigenvalue weighted by Crippen LogP contribution is 2.34. The first-order chi connectivity index (χ1) is 14.2. The van der Waals surface area contributed by atoms with Crippen LogP contribution in [-0.4, -0.2) is 27.6 Å². The lowest BCUT2D eigenvalue weighted by atomic mass is 10.1. The number of aliphatic imine (C=N–C) groups is 1. The number of hydrogen-bond donors (Lipinski definition) is 1. The van der Waals surface area contributed by atoms with Crippen molar-refractivity contribution in [3.8, 4) is 5.75 Å². The Morgan fingerprint density at radius 1 is 0.931 bits per heavy atom. The van der Waals surface area contributed by atoms with Gasteiger partial charge in [-0.2, -0.15) is 0 Å². The lowest BCUT2D eigenvalue weighted by Gasteiger charge is -2.15. The van der Waals surface area contributed by atoms with Crippen LogP contribution in [0.2, 0.25) is 0 Å². The van der Waals surface area contributed by atoms with Crippen molar-refractivity contribution in [2.45, 2.75) is 6.42 Å². The van der Waals surface area contributed by atoms with E-state index in [1.807, 2.05) is 54.6 Å². The molecule has 0 bridgehead atoms. The van der Waals surface area contributed by atoms with Crippen LogP contribution in [0, 0.1) is 0 Å². The number of phenols is 1. The van der Waals surface area contributed by atoms with Gasteiger partial charge in [0.25, 0.3) is 5.91 Å². The van der Waals surface area contributed by atoms with Crippen LogP contribution in [0.5, 0.6) is 5.75 Å². The van der Waals surface area contributed by atoms with E-state index in [9.17, 15) is 9.90 Å². The highest BCUT2D eigenvalue weighted by atomic mass is 32.2. The number of aromatic hydroxyl groups is 1. The van der Waals surface area contributed by atoms with Crippen LogP contribution in [0.25, 0.3) is 6.08 Å². The molecule has 5 heteroatoms. The molecule has 1 saturated heterocycles. The molecule has 29 heavy (non-hydrogen) atoms. The maximum atomic E-state index is 13.1. The van der Waals surface area contributed by atoms with Gasteiger partial charge in [-0.25, -0.2) is 4.99 Å². The number of amidine groups is 1. The number of amides is 1. The lowest BCUT2D eigenvalue weighted by molar-refractivity contribution is -0.122. The third-order valence-electron chi connectivity index (χ3n) is 4.50. The van der Waals surface area contributed by atoms with Crippen molar-refractivity contribution in [2.75, 3.05) is 6.54 Å². The molecular weight excluding hydrogens is 380 g/mol. The van der Waals surface area contributed by atoms with Crippen LogP contribution in [0.3, 0.4) is 0 Å². The third-order valence-corrected chi connectivity index (χ3v) is 5.51. The number of phenolic OH excluding ortho intramolecular Hbond substituents is 1. The predicted octanol–water partition coefficient (Wildman–Crippen LogP) is 5.24. The molecule has 4 nitrogen and oxygen atoms in total. The molecule has 1 aliphatic rings. The van der Waals surface area contributed by atoms with Gasteiger partial charge in [0.2, 0.25) is 0 Å². The van der Waals surface area contributed by atoms with E-state index in [2.05, 4.69) is 12.1 Å². The van der Waals surface area contributed by atoms with E-state index < -0.39 is 0 Å². The van der Waals surface area contributed by atoms with Gasteiger partial charge in [0.05, 0.1) is 10.6 Å². The van der Waals surface area contributed by atoms with Gasteiger partial charge >= 0.3 is 0 Å². The molecule has 0 unspecified atom stereocenters. The molecule has 0 saturated carbocycles. The molecular formula is C24H20N2O2S. The van der Waals surface area contributed by atoms with Crippen LogP contribution in [0.15, 0.2) is 94.8 Å². The molecule has 1 fully saturated rings. The zero-order chi connectivity index (χ0) is 20.1. The van der Waals surface area contributed by atoms with E-state index in [0.29, 0.717) is 16.6 Å². The Morgan fingerprint density at radius 2 is 1.66 bits per heavy atom. The van der Waals surface area contributed by atoms with Crippen molar-refractivity contribution in [3.05, 3.63) is 101 Å². The lowest BCUT2D eigenvalue weighted by Crippen LogP contribution is -2.31. The van der Waals surface area contributed by atoms with Crippen molar-refractivity contribution >= 4 is 34.6 Å². The van der Waals surface area contributed by atoms with Gasteiger partial charge in [-0.05, 0) is 59.7 Å². The number of carbonyl (C=O) groups is 1. The number of hydrogen-bond acceptors (Lipinski definition) is 4. The maximum Gasteiger partial charge on any atom is 0.266 e. The molecule has 0 radical (unpaired) electrons. The van der Waals surface area contributed by atoms with Crippen molar-refractivity contribution < 1.29 is 9.90 Å². The van der Waals surface area contributed by atoms with Crippen molar-refractivity contribution in [2.24, 2.45) is 4.99 Å². The topological polar surface area (TPSA) is 52.9 Å². The Labute approximate surface area is 174 Å². The van der Waals surface area contributed by atoms with E-state index in [4.69, 9.17) is 4.99 Å². The summed E-state index contributed by atoms with van der Waals surface area (Å²) in [6.45, 7) is 0.554. The first-order valence-corrected chi connectivity index (χ1v) is 10.2. The second kappa shape index (κ2) is 8.80. The van der Waals surface area contributed by atoms with Gasteiger partial charge in [0, 0.05) is 6.54 Å². The molecule has 1 heterocycles. The van der Waals surface area contributed by atoms with Gasteiger partial charge in [-0.1, -0.05) is 60.7 Å². The van der Waals surface area contributed by atoms with Crippen molar-refractivity contribution in [1.82, 2.24) is 4.90 Å². The summed E-state index contributed by atoms with van der Waals surface area (Å²) in [6, 6.07) is 26.6. The minimum absolute atomic E-state index is 0.0658. The molecule has 0 spiro atoms. The van der Waals surface area contributed by atoms with E-state index >= 15 is 0 Å². The molecule has 3 aromatic carbocycles. The van der Waals surface area contributed by atoms with Gasteiger partial charge < -0.3 is 5.11 Å². The monoisotopic (exact) mass is 400 g/mol. The Kier molecular flexibility index (Phi) is 5.77. The number of nitrogens with zero attached hydrogens (tertiary/aromatic N) is 2. The molecule has 144 valence electrons. The number of para-hydroxylation sites is 1. The Bertz CT molecular complexity index is 1060. The fourth-order valence-electron chi connectivity index (χ4n) is 3.05. The van der Waals surface area contributed by atoms with Crippen molar-refractivity contribution in [1.29, 1.82) is 0 Å². The summed E-state index contributed by atoms with van der Waals surface area (Å²) in [5, 5.41) is 10.4. The quantitative estimate of drug-likeness (QED) is 0.596. The van der Waals surface area contributed by atoms with Gasteiger partial charge in [0.1, 0.15) is 5.75 Å². The average molecular weight is 401 g/mol. The van der Waals surface area contributed by atoms with Gasteiger partial charge in [-0.15, -0.1) is 0 Å². The molecule has 3 aromatic rings. The first kappa shape index (κ1) is 19.0. The van der Waals surface area contributed by atoms with Crippen LogP contribution in [-0.2, 0) is 11.2 Å². The van der Waals surface area contributed by atoms with Crippen LogP contribution in [0.4, 0.5) is 5.69 Å². The summed E-state index contributed by atoms with van der Waals surface area (Å²) in [5.41, 5.74) is 2.77. The first-order valence-electron chi connectivity index (χ1n) is 9.37. The fourth-order valence-corrected chi connectivity index (χ4v) is 4.08. The number of thioether (sulfide) groups is 1. The number of benzene rings is 3. The zero-order valence-corrected chi connectivity index (χ0v) is 16.5. The molecule has 0 atom stereocenters. The molecule has 1 N–H and O–H groups in total. The zero-order valence-electron chi connectivity index (χ0n) is 15.7. The minimum atomic E-state index is -0.0658. The number of rotatable bonds is 5. The Hall–Kier alpha value is -3.31. The Balaban J connectivity index is 1.63. The second-order valence-electron chi connectivity index (χ2n) is 6.63. The summed E-state index contributed by atoms with van der Waals surface area (Å²) in [7, 11) is 0. The SMILES string of the molecule is O=C1/C(=C\c2cccc(O)c2)SC(=Nc2ccccc2)N1CCc1ccccc1. The minimum Gasteiger partial charge on any atom is -0.508 e. The van der Waals surface area contributed by atoms with E-state index in [1.54, 1.807) is 29.2 Å². The fraction of sp³-hybridized carbons (Fsp3) is 0.0833. The molecule has 1 amide bonds. The smallest absolute Gasteiger partial charge is 0.266 e. The normalized spacial score (nSPS) is 16.7. The molecule has 4 rings (SSSR count). The predicted molar refractivity (Wildman–Crippen MR) is 119 cm³/mol. The molecule has 0 aliphatic carbocycles. The van der Waals surface area contributed by atoms with E-state index in [1.165, 1.54) is 17.3 Å². The molecule has 0 aromatic heterocycles. The summed E-state index contributed by atoms with van der Waals surface area (Å²) in [4.78, 5) is 20.1. The summed E-state index contributed by atoms with van der Waals surface area (Å²) >= 11 is 1.36. The van der Waals surface area contributed by atoms with Gasteiger partial charge in [0.15, 0.2) is 5.17 Å². The summed E-state index contributed by atoms with van der Waals surface area (Å²) in [6.07, 6.45) is 2.55. The highest BCUT2D eigenvalue weighted by Gasteiger charge is 2.33. The molecule has 1 aliphatic heterocycles. The Morgan fingerprint density at radius 3 is 2.38 bits per heavy atom. The van der Waals surface area contributed by atoms with E-state index in [0.717, 1.165) is 17.7 Å². The average Bonchev–Trinajstić information content (AvgIpc) is 3.02. The second-order valence-corrected chi connectivity index (χ2v) is 7.64. The maximum absolute atomic E-state index is 13.1. The standard InChI is InChI=1S/C24H20N2O2S/c27-21-13-7-10-19(16-21)17-22-23(28)26(15-14-18-8-3-1-4-9-18)24(29-22)25-20-11-5-2-6-12-20/h1-13,16-17,27H,14-15H2/b22-17+,25-24?.